The lowest BCUT2D eigenvalue weighted by atomic mass is 9.98. The highest BCUT2D eigenvalue weighted by molar-refractivity contribution is 14.0. The van der Waals surface area contributed by atoms with Crippen LogP contribution in [0.1, 0.15) is 32.6 Å². The van der Waals surface area contributed by atoms with E-state index in [4.69, 9.17) is 0 Å². The van der Waals surface area contributed by atoms with Crippen molar-refractivity contribution in [1.29, 1.82) is 0 Å². The fraction of sp³-hybridized carbons (Fsp3) is 0.941. The van der Waals surface area contributed by atoms with E-state index in [1.807, 2.05) is 7.05 Å². The summed E-state index contributed by atoms with van der Waals surface area (Å²) in [6, 6.07) is 0.689. The zero-order chi connectivity index (χ0) is 15.9. The molecule has 6 heteroatoms. The van der Waals surface area contributed by atoms with Crippen LogP contribution in [0, 0.1) is 5.92 Å². The van der Waals surface area contributed by atoms with Crippen molar-refractivity contribution in [3.8, 4) is 0 Å². The van der Waals surface area contributed by atoms with Crippen LogP contribution in [0.4, 0.5) is 0 Å². The third kappa shape index (κ3) is 6.38. The van der Waals surface area contributed by atoms with Crippen LogP contribution in [0.15, 0.2) is 4.99 Å². The Morgan fingerprint density at radius 1 is 1.26 bits per heavy atom. The first-order valence-electron chi connectivity index (χ1n) is 8.98. The molecule has 5 nitrogen and oxygen atoms in total. The van der Waals surface area contributed by atoms with Crippen LogP contribution in [0.5, 0.6) is 0 Å². The lowest BCUT2D eigenvalue weighted by molar-refractivity contribution is 0.208. The molecular weight excluding hydrogens is 401 g/mol. The highest BCUT2D eigenvalue weighted by atomic mass is 127. The highest BCUT2D eigenvalue weighted by Gasteiger charge is 2.25. The quantitative estimate of drug-likeness (QED) is 0.405. The summed E-state index contributed by atoms with van der Waals surface area (Å²) in [6.45, 7) is 9.28. The molecule has 0 aliphatic carbocycles. The number of likely N-dealkylation sites (N-methyl/N-ethyl adjacent to an activating group) is 2. The largest absolute Gasteiger partial charge is 0.356 e. The SMILES string of the molecule is CCN1CCCC1CN(C)C(=NC)NCC1CCCN(C)C1.I. The fourth-order valence-corrected chi connectivity index (χ4v) is 3.98. The molecule has 2 aliphatic rings. The van der Waals surface area contributed by atoms with Crippen molar-refractivity contribution in [2.45, 2.75) is 38.6 Å². The van der Waals surface area contributed by atoms with Gasteiger partial charge >= 0.3 is 0 Å². The lowest BCUT2D eigenvalue weighted by Gasteiger charge is -2.32. The molecule has 23 heavy (non-hydrogen) atoms. The minimum Gasteiger partial charge on any atom is -0.356 e. The standard InChI is InChI=1S/C17H35N5.HI/c1-5-22-11-7-9-16(22)14-21(4)17(18-2)19-12-15-8-6-10-20(3)13-15;/h15-16H,5-14H2,1-4H3,(H,18,19);1H. The van der Waals surface area contributed by atoms with Gasteiger partial charge in [0.15, 0.2) is 5.96 Å². The molecule has 0 spiro atoms. The number of piperidine rings is 1. The summed E-state index contributed by atoms with van der Waals surface area (Å²) in [5.74, 6) is 1.80. The lowest BCUT2D eigenvalue weighted by Crippen LogP contribution is -2.48. The summed E-state index contributed by atoms with van der Waals surface area (Å²) in [5, 5.41) is 3.60. The third-order valence-corrected chi connectivity index (χ3v) is 5.23. The maximum absolute atomic E-state index is 4.48. The Morgan fingerprint density at radius 3 is 2.65 bits per heavy atom. The van der Waals surface area contributed by atoms with Crippen molar-refractivity contribution in [2.24, 2.45) is 10.9 Å². The molecule has 2 rings (SSSR count). The minimum absolute atomic E-state index is 0. The number of nitrogens with zero attached hydrogens (tertiary/aromatic N) is 4. The Balaban J connectivity index is 0.00000264. The van der Waals surface area contributed by atoms with Gasteiger partial charge in [-0.05, 0) is 58.3 Å². The molecule has 2 saturated heterocycles. The Hall–Kier alpha value is -0.0800. The van der Waals surface area contributed by atoms with Gasteiger partial charge in [-0.3, -0.25) is 9.89 Å². The van der Waals surface area contributed by atoms with E-state index >= 15 is 0 Å². The van der Waals surface area contributed by atoms with E-state index in [2.05, 4.69) is 46.0 Å². The van der Waals surface area contributed by atoms with Crippen molar-refractivity contribution < 1.29 is 0 Å². The fourth-order valence-electron chi connectivity index (χ4n) is 3.98. The van der Waals surface area contributed by atoms with Crippen molar-refractivity contribution >= 4 is 29.9 Å². The molecule has 136 valence electrons. The number of likely N-dealkylation sites (tertiary alicyclic amines) is 2. The second-order valence-electron chi connectivity index (χ2n) is 7.00. The zero-order valence-corrected chi connectivity index (χ0v) is 17.8. The topological polar surface area (TPSA) is 34.1 Å². The number of guanidine groups is 1. The van der Waals surface area contributed by atoms with Crippen molar-refractivity contribution in [2.75, 3.05) is 60.4 Å². The first-order valence-corrected chi connectivity index (χ1v) is 8.98. The van der Waals surface area contributed by atoms with Crippen LogP contribution < -0.4 is 5.32 Å². The molecule has 0 bridgehead atoms. The molecule has 0 amide bonds. The molecular formula is C17H36IN5. The molecule has 2 atom stereocenters. The average Bonchev–Trinajstić information content (AvgIpc) is 2.95. The minimum atomic E-state index is 0. The van der Waals surface area contributed by atoms with Crippen molar-refractivity contribution in [3.05, 3.63) is 0 Å². The first kappa shape index (κ1) is 21.0. The number of halogens is 1. The third-order valence-electron chi connectivity index (χ3n) is 5.23. The predicted octanol–water partition coefficient (Wildman–Crippen LogP) is 1.94. The van der Waals surface area contributed by atoms with E-state index in [-0.39, 0.29) is 24.0 Å². The number of aliphatic imine (C=N–C) groups is 1. The van der Waals surface area contributed by atoms with Gasteiger partial charge in [0.25, 0.3) is 0 Å². The predicted molar refractivity (Wildman–Crippen MR) is 110 cm³/mol. The molecule has 2 aliphatic heterocycles. The normalized spacial score (nSPS) is 26.9. The van der Waals surface area contributed by atoms with E-state index < -0.39 is 0 Å². The molecule has 1 N–H and O–H groups in total. The molecule has 2 unspecified atom stereocenters. The number of hydrogen-bond donors (Lipinski definition) is 1. The smallest absolute Gasteiger partial charge is 0.193 e. The first-order chi connectivity index (χ1) is 10.6. The van der Waals surface area contributed by atoms with Gasteiger partial charge in [-0.25, -0.2) is 0 Å². The van der Waals surface area contributed by atoms with E-state index in [1.165, 1.54) is 51.9 Å². The second-order valence-corrected chi connectivity index (χ2v) is 7.00. The summed E-state index contributed by atoms with van der Waals surface area (Å²) >= 11 is 0. The average molecular weight is 437 g/mol. The van der Waals surface area contributed by atoms with Gasteiger partial charge in [-0.15, -0.1) is 24.0 Å². The molecule has 0 aromatic rings. The molecule has 0 aromatic heterocycles. The molecule has 0 aromatic carbocycles. The van der Waals surface area contributed by atoms with Gasteiger partial charge in [0.1, 0.15) is 0 Å². The van der Waals surface area contributed by atoms with Gasteiger partial charge in [-0.2, -0.15) is 0 Å². The van der Waals surface area contributed by atoms with Gasteiger partial charge in [-0.1, -0.05) is 6.92 Å². The van der Waals surface area contributed by atoms with E-state index in [0.717, 1.165) is 25.0 Å². The summed E-state index contributed by atoms with van der Waals surface area (Å²) < 4.78 is 0. The monoisotopic (exact) mass is 437 g/mol. The maximum atomic E-state index is 4.48. The van der Waals surface area contributed by atoms with Crippen LogP contribution in [-0.2, 0) is 0 Å². The van der Waals surface area contributed by atoms with E-state index in [1.54, 1.807) is 0 Å². The Kier molecular flexibility index (Phi) is 9.77. The van der Waals surface area contributed by atoms with E-state index in [0.29, 0.717) is 6.04 Å². The summed E-state index contributed by atoms with van der Waals surface area (Å²) in [7, 11) is 6.30. The maximum Gasteiger partial charge on any atom is 0.193 e. The Morgan fingerprint density at radius 2 is 2.00 bits per heavy atom. The molecule has 2 fully saturated rings. The van der Waals surface area contributed by atoms with Crippen LogP contribution in [-0.4, -0.2) is 87.1 Å². The Bertz CT molecular complexity index is 363. The van der Waals surface area contributed by atoms with Crippen LogP contribution in [0.25, 0.3) is 0 Å². The zero-order valence-electron chi connectivity index (χ0n) is 15.4. The highest BCUT2D eigenvalue weighted by Crippen LogP contribution is 2.17. The molecule has 0 saturated carbocycles. The Labute approximate surface area is 159 Å². The van der Waals surface area contributed by atoms with Crippen LogP contribution in [0.3, 0.4) is 0 Å². The molecule has 2 heterocycles. The summed E-state index contributed by atoms with van der Waals surface area (Å²) in [5.41, 5.74) is 0. The summed E-state index contributed by atoms with van der Waals surface area (Å²) in [4.78, 5) is 11.8. The van der Waals surface area contributed by atoms with Crippen molar-refractivity contribution in [3.63, 3.8) is 0 Å². The molecule has 0 radical (unpaired) electrons. The van der Waals surface area contributed by atoms with Gasteiger partial charge in [0.05, 0.1) is 0 Å². The summed E-state index contributed by atoms with van der Waals surface area (Å²) in [6.07, 6.45) is 5.32. The van der Waals surface area contributed by atoms with Crippen LogP contribution in [0.2, 0.25) is 0 Å². The van der Waals surface area contributed by atoms with Gasteiger partial charge < -0.3 is 15.1 Å². The second kappa shape index (κ2) is 10.7. The van der Waals surface area contributed by atoms with E-state index in [9.17, 15) is 0 Å². The van der Waals surface area contributed by atoms with Crippen molar-refractivity contribution in [1.82, 2.24) is 20.0 Å². The van der Waals surface area contributed by atoms with Crippen LogP contribution >= 0.6 is 24.0 Å². The number of hydrogen-bond acceptors (Lipinski definition) is 3. The number of nitrogens with one attached hydrogen (secondary N) is 1. The number of rotatable bonds is 5. The van der Waals surface area contributed by atoms with Gasteiger partial charge in [0.2, 0.25) is 0 Å². The van der Waals surface area contributed by atoms with Gasteiger partial charge in [0, 0.05) is 39.8 Å².